The van der Waals surface area contributed by atoms with Crippen LogP contribution in [-0.2, 0) is 14.8 Å². The fraction of sp³-hybridized carbons (Fsp3) is 0.240. The van der Waals surface area contributed by atoms with E-state index in [-0.39, 0.29) is 10.6 Å². The molecule has 0 aromatic heterocycles. The number of nitrogens with one attached hydrogen (secondary N) is 1. The molecule has 0 atom stereocenters. The monoisotopic (exact) mass is 516 g/mol. The van der Waals surface area contributed by atoms with Gasteiger partial charge in [0.1, 0.15) is 23.8 Å². The molecule has 0 aliphatic carbocycles. The lowest BCUT2D eigenvalue weighted by molar-refractivity contribution is -0.114. The number of sulfonamides is 1. The Morgan fingerprint density at radius 2 is 1.69 bits per heavy atom. The zero-order valence-corrected chi connectivity index (χ0v) is 21.6. The second kappa shape index (κ2) is 11.9. The Labute approximate surface area is 210 Å². The average Bonchev–Trinajstić information content (AvgIpc) is 2.87. The molecule has 0 heterocycles. The smallest absolute Gasteiger partial charge is 0.264 e. The molecule has 35 heavy (non-hydrogen) atoms. The highest BCUT2D eigenvalue weighted by atomic mass is 32.2. The van der Waals surface area contributed by atoms with Crippen LogP contribution in [0.25, 0.3) is 0 Å². The van der Waals surface area contributed by atoms with Crippen LogP contribution in [0.2, 0.25) is 0 Å². The highest BCUT2D eigenvalue weighted by Gasteiger charge is 2.29. The van der Waals surface area contributed by atoms with Gasteiger partial charge >= 0.3 is 0 Å². The Morgan fingerprint density at radius 3 is 2.31 bits per heavy atom. The van der Waals surface area contributed by atoms with Crippen LogP contribution in [0, 0.1) is 0 Å². The van der Waals surface area contributed by atoms with E-state index in [1.54, 1.807) is 61.5 Å². The van der Waals surface area contributed by atoms with Gasteiger partial charge in [-0.1, -0.05) is 12.1 Å². The summed E-state index contributed by atoms with van der Waals surface area (Å²) in [5.41, 5.74) is 0.618. The van der Waals surface area contributed by atoms with E-state index in [2.05, 4.69) is 5.32 Å². The molecule has 3 rings (SSSR count). The van der Waals surface area contributed by atoms with Crippen molar-refractivity contribution in [3.05, 3.63) is 66.7 Å². The van der Waals surface area contributed by atoms with Crippen LogP contribution >= 0.6 is 11.8 Å². The minimum atomic E-state index is -4.11. The largest absolute Gasteiger partial charge is 0.497 e. The number of carbonyl (C=O) groups excluding carboxylic acids is 1. The zero-order chi connectivity index (χ0) is 25.4. The molecule has 186 valence electrons. The van der Waals surface area contributed by atoms with E-state index >= 15 is 0 Å². The number of amides is 1. The molecule has 0 saturated heterocycles. The van der Waals surface area contributed by atoms with E-state index in [1.165, 1.54) is 38.1 Å². The van der Waals surface area contributed by atoms with E-state index < -0.39 is 22.5 Å². The Morgan fingerprint density at radius 1 is 0.971 bits per heavy atom. The fourth-order valence-electron chi connectivity index (χ4n) is 3.35. The van der Waals surface area contributed by atoms with Crippen molar-refractivity contribution < 1.29 is 27.4 Å². The molecule has 3 aromatic rings. The van der Waals surface area contributed by atoms with E-state index in [9.17, 15) is 13.2 Å². The molecule has 3 aromatic carbocycles. The number of benzene rings is 3. The van der Waals surface area contributed by atoms with E-state index in [4.69, 9.17) is 14.2 Å². The van der Waals surface area contributed by atoms with Crippen molar-refractivity contribution in [2.24, 2.45) is 0 Å². The average molecular weight is 517 g/mol. The second-order valence-corrected chi connectivity index (χ2v) is 9.94. The molecule has 0 unspecified atom stereocenters. The number of thioether (sulfide) groups is 1. The van der Waals surface area contributed by atoms with Crippen molar-refractivity contribution in [1.29, 1.82) is 0 Å². The number of ether oxygens (including phenoxy) is 3. The van der Waals surface area contributed by atoms with Gasteiger partial charge in [0.15, 0.2) is 0 Å². The number of hydrogen-bond acceptors (Lipinski definition) is 7. The van der Waals surface area contributed by atoms with Crippen molar-refractivity contribution in [3.63, 3.8) is 0 Å². The molecule has 10 heteroatoms. The van der Waals surface area contributed by atoms with Gasteiger partial charge in [-0.25, -0.2) is 8.42 Å². The molecule has 0 saturated carbocycles. The lowest BCUT2D eigenvalue weighted by Crippen LogP contribution is -2.38. The van der Waals surface area contributed by atoms with Crippen LogP contribution in [0.1, 0.15) is 6.92 Å². The van der Waals surface area contributed by atoms with Gasteiger partial charge in [-0.2, -0.15) is 0 Å². The molecule has 0 aliphatic rings. The summed E-state index contributed by atoms with van der Waals surface area (Å²) in [4.78, 5) is 14.1. The van der Waals surface area contributed by atoms with Gasteiger partial charge in [0.25, 0.3) is 10.0 Å². The maximum Gasteiger partial charge on any atom is 0.264 e. The Hall–Kier alpha value is -3.37. The fourth-order valence-corrected chi connectivity index (χ4v) is 5.19. The highest BCUT2D eigenvalue weighted by molar-refractivity contribution is 7.98. The first-order valence-corrected chi connectivity index (χ1v) is 13.4. The standard InChI is InChI=1S/C25H28N2O6S2/c1-5-33-24-9-7-6-8-22(24)27(35(29,30)20-13-11-19(34-4)12-14-20)17-25(28)26-21-16-18(31-2)10-15-23(21)32-3/h6-16H,5,17H2,1-4H3,(H,26,28). The van der Waals surface area contributed by atoms with Crippen molar-refractivity contribution in [3.8, 4) is 17.2 Å². The zero-order valence-electron chi connectivity index (χ0n) is 20.0. The first kappa shape index (κ1) is 26.2. The lowest BCUT2D eigenvalue weighted by atomic mass is 10.2. The summed E-state index contributed by atoms with van der Waals surface area (Å²) in [5, 5.41) is 2.74. The van der Waals surface area contributed by atoms with Gasteiger partial charge in [0.2, 0.25) is 5.91 Å². The normalized spacial score (nSPS) is 11.0. The Kier molecular flexibility index (Phi) is 8.89. The molecule has 1 amide bonds. The van der Waals surface area contributed by atoms with Crippen LogP contribution in [0.5, 0.6) is 17.2 Å². The molecule has 0 spiro atoms. The molecular formula is C25H28N2O6S2. The number of methoxy groups -OCH3 is 2. The molecule has 1 N–H and O–H groups in total. The second-order valence-electron chi connectivity index (χ2n) is 7.20. The predicted octanol–water partition coefficient (Wildman–Crippen LogP) is 4.66. The molecule has 0 bridgehead atoms. The number of rotatable bonds is 11. The van der Waals surface area contributed by atoms with Crippen LogP contribution in [0.3, 0.4) is 0 Å². The predicted molar refractivity (Wildman–Crippen MR) is 139 cm³/mol. The van der Waals surface area contributed by atoms with Gasteiger partial charge in [-0.15, -0.1) is 11.8 Å². The quantitative estimate of drug-likeness (QED) is 0.371. The molecular weight excluding hydrogens is 488 g/mol. The van der Waals surface area contributed by atoms with Crippen LogP contribution in [0.15, 0.2) is 76.5 Å². The maximum atomic E-state index is 13.7. The van der Waals surface area contributed by atoms with E-state index in [0.29, 0.717) is 29.5 Å². The third kappa shape index (κ3) is 6.20. The summed E-state index contributed by atoms with van der Waals surface area (Å²) in [5.74, 6) is 0.718. The summed E-state index contributed by atoms with van der Waals surface area (Å²) in [7, 11) is -1.12. The first-order valence-electron chi connectivity index (χ1n) is 10.7. The Bertz CT molecular complexity index is 1260. The van der Waals surface area contributed by atoms with Crippen LogP contribution in [0.4, 0.5) is 11.4 Å². The first-order chi connectivity index (χ1) is 16.8. The van der Waals surface area contributed by atoms with E-state index in [0.717, 1.165) is 9.20 Å². The number of hydrogen-bond donors (Lipinski definition) is 1. The number of para-hydroxylation sites is 2. The van der Waals surface area contributed by atoms with E-state index in [1.807, 2.05) is 6.26 Å². The molecule has 8 nitrogen and oxygen atoms in total. The highest BCUT2D eigenvalue weighted by Crippen LogP contribution is 2.34. The molecule has 0 fully saturated rings. The van der Waals surface area contributed by atoms with Crippen molar-refractivity contribution in [2.75, 3.05) is 43.2 Å². The summed E-state index contributed by atoms with van der Waals surface area (Å²) < 4.78 is 44.8. The number of carbonyl (C=O) groups is 1. The maximum absolute atomic E-state index is 13.7. The van der Waals surface area contributed by atoms with Gasteiger partial charge < -0.3 is 19.5 Å². The van der Waals surface area contributed by atoms with Gasteiger partial charge in [-0.3, -0.25) is 9.10 Å². The lowest BCUT2D eigenvalue weighted by Gasteiger charge is -2.26. The van der Waals surface area contributed by atoms with Crippen molar-refractivity contribution in [1.82, 2.24) is 0 Å². The molecule has 0 aliphatic heterocycles. The number of nitrogens with zero attached hydrogens (tertiary/aromatic N) is 1. The SMILES string of the molecule is CCOc1ccccc1N(CC(=O)Nc1cc(OC)ccc1OC)S(=O)(=O)c1ccc(SC)cc1. The van der Waals surface area contributed by atoms with Crippen molar-refractivity contribution in [2.45, 2.75) is 16.7 Å². The van der Waals surface area contributed by atoms with Gasteiger partial charge in [0, 0.05) is 11.0 Å². The summed E-state index contributed by atoms with van der Waals surface area (Å²) in [6.07, 6.45) is 1.91. The topological polar surface area (TPSA) is 94.2 Å². The van der Waals surface area contributed by atoms with Gasteiger partial charge in [-0.05, 0) is 61.7 Å². The summed E-state index contributed by atoms with van der Waals surface area (Å²) >= 11 is 1.51. The van der Waals surface area contributed by atoms with Gasteiger partial charge in [0.05, 0.1) is 37.1 Å². The minimum absolute atomic E-state index is 0.0633. The van der Waals surface area contributed by atoms with Crippen molar-refractivity contribution >= 4 is 39.1 Å². The minimum Gasteiger partial charge on any atom is -0.497 e. The molecule has 0 radical (unpaired) electrons. The summed E-state index contributed by atoms with van der Waals surface area (Å²) in [6, 6.07) is 18.2. The number of anilines is 2. The Balaban J connectivity index is 2.01. The summed E-state index contributed by atoms with van der Waals surface area (Å²) in [6.45, 7) is 1.65. The van der Waals surface area contributed by atoms with Crippen LogP contribution in [-0.4, -0.2) is 48.0 Å². The third-order valence-corrected chi connectivity index (χ3v) is 7.57. The third-order valence-electron chi connectivity index (χ3n) is 5.05. The van der Waals surface area contributed by atoms with Crippen LogP contribution < -0.4 is 23.8 Å².